The van der Waals surface area contributed by atoms with E-state index in [4.69, 9.17) is 18.9 Å². The molecule has 0 fully saturated rings. The van der Waals surface area contributed by atoms with Crippen LogP contribution in [0.15, 0.2) is 30.3 Å². The Hall–Kier alpha value is -3.15. The van der Waals surface area contributed by atoms with Crippen molar-refractivity contribution in [1.29, 1.82) is 0 Å². The second kappa shape index (κ2) is 30.3. The van der Waals surface area contributed by atoms with Crippen molar-refractivity contribution >= 4 is 36.0 Å². The summed E-state index contributed by atoms with van der Waals surface area (Å²) in [5, 5.41) is 8.20. The van der Waals surface area contributed by atoms with Gasteiger partial charge in [-0.25, -0.2) is 19.2 Å². The molecule has 0 aliphatic rings. The highest BCUT2D eigenvalue weighted by Crippen LogP contribution is 2.15. The first-order valence-electron chi connectivity index (χ1n) is 19.7. The standard InChI is InChI=1S/C40H69N3O8S/c1-6-8-10-12-14-16-18-23-27-41-37(45)49-30-34(50-38(46)42-28-24-19-17-15-13-11-9-7-2)31-52-32-35(36(44)51-40(3,4)5)43-39(47)48-29-33-25-21-20-22-26-33/h20-22,25-26,34-35H,6-19,23-24,27-32H2,1-5H3,(H,41,45)(H,42,46)(H,43,47). The van der Waals surface area contributed by atoms with Gasteiger partial charge in [0.25, 0.3) is 0 Å². The third kappa shape index (κ3) is 27.5. The molecule has 11 nitrogen and oxygen atoms in total. The third-order valence-electron chi connectivity index (χ3n) is 8.06. The van der Waals surface area contributed by atoms with E-state index in [9.17, 15) is 19.2 Å². The van der Waals surface area contributed by atoms with E-state index in [0.29, 0.717) is 13.1 Å². The maximum atomic E-state index is 13.0. The number of hydrogen-bond donors (Lipinski definition) is 3. The number of amides is 3. The molecule has 0 saturated carbocycles. The fourth-order valence-corrected chi connectivity index (χ4v) is 6.21. The number of ether oxygens (including phenoxy) is 4. The molecule has 0 bridgehead atoms. The van der Waals surface area contributed by atoms with Gasteiger partial charge in [-0.1, -0.05) is 134 Å². The van der Waals surface area contributed by atoms with Gasteiger partial charge in [0.05, 0.1) is 0 Å². The minimum Gasteiger partial charge on any atom is -0.458 e. The van der Waals surface area contributed by atoms with Crippen LogP contribution in [0.25, 0.3) is 0 Å². The predicted molar refractivity (Wildman–Crippen MR) is 210 cm³/mol. The maximum Gasteiger partial charge on any atom is 0.408 e. The van der Waals surface area contributed by atoms with E-state index in [1.54, 1.807) is 20.8 Å². The zero-order chi connectivity index (χ0) is 38.3. The van der Waals surface area contributed by atoms with Crippen molar-refractivity contribution < 1.29 is 38.1 Å². The first-order valence-corrected chi connectivity index (χ1v) is 20.8. The number of carbonyl (C=O) groups excluding carboxylic acids is 4. The van der Waals surface area contributed by atoms with Gasteiger partial charge in [-0.2, -0.15) is 11.8 Å². The summed E-state index contributed by atoms with van der Waals surface area (Å²) in [6.07, 6.45) is 15.8. The second-order valence-electron chi connectivity index (χ2n) is 14.3. The molecular weight excluding hydrogens is 683 g/mol. The highest BCUT2D eigenvalue weighted by atomic mass is 32.2. The molecule has 0 spiro atoms. The van der Waals surface area contributed by atoms with Crippen LogP contribution in [0.4, 0.5) is 14.4 Å². The molecule has 0 aliphatic heterocycles. The van der Waals surface area contributed by atoms with Gasteiger partial charge in [-0.15, -0.1) is 0 Å². The Bertz CT molecular complexity index is 1090. The van der Waals surface area contributed by atoms with Crippen LogP contribution in [0.5, 0.6) is 0 Å². The van der Waals surface area contributed by atoms with E-state index in [2.05, 4.69) is 29.8 Å². The summed E-state index contributed by atoms with van der Waals surface area (Å²) in [5.74, 6) is -0.301. The Morgan fingerprint density at radius 2 is 1.17 bits per heavy atom. The lowest BCUT2D eigenvalue weighted by Gasteiger charge is -2.25. The molecule has 0 aliphatic carbocycles. The summed E-state index contributed by atoms with van der Waals surface area (Å²) < 4.78 is 22.0. The normalized spacial score (nSPS) is 12.3. The molecule has 0 heterocycles. The average molecular weight is 752 g/mol. The lowest BCUT2D eigenvalue weighted by Crippen LogP contribution is -2.46. The van der Waals surface area contributed by atoms with Crippen LogP contribution < -0.4 is 16.0 Å². The van der Waals surface area contributed by atoms with Gasteiger partial charge >= 0.3 is 24.2 Å². The first-order chi connectivity index (χ1) is 25.0. The largest absolute Gasteiger partial charge is 0.458 e. The Balaban J connectivity index is 2.68. The lowest BCUT2D eigenvalue weighted by atomic mass is 10.1. The van der Waals surface area contributed by atoms with Gasteiger partial charge in [0.15, 0.2) is 0 Å². The van der Waals surface area contributed by atoms with E-state index in [1.807, 2.05) is 30.3 Å². The van der Waals surface area contributed by atoms with E-state index in [0.717, 1.165) is 44.1 Å². The lowest BCUT2D eigenvalue weighted by molar-refractivity contribution is -0.156. The summed E-state index contributed by atoms with van der Waals surface area (Å²) in [6, 6.07) is 8.19. The Labute approximate surface area is 318 Å². The van der Waals surface area contributed by atoms with Gasteiger partial charge in [0.1, 0.15) is 31.0 Å². The highest BCUT2D eigenvalue weighted by molar-refractivity contribution is 7.99. The van der Waals surface area contributed by atoms with Crippen molar-refractivity contribution in [3.05, 3.63) is 35.9 Å². The summed E-state index contributed by atoms with van der Waals surface area (Å²) in [6.45, 7) is 10.5. The average Bonchev–Trinajstić information content (AvgIpc) is 3.10. The molecule has 2 atom stereocenters. The minimum atomic E-state index is -1.03. The fraction of sp³-hybridized carbons (Fsp3) is 0.750. The number of alkyl carbamates (subject to hydrolysis) is 3. The van der Waals surface area contributed by atoms with Gasteiger partial charge in [-0.3, -0.25) is 0 Å². The molecule has 3 N–H and O–H groups in total. The summed E-state index contributed by atoms with van der Waals surface area (Å²) in [7, 11) is 0. The van der Waals surface area contributed by atoms with Crippen LogP contribution in [0, 0.1) is 0 Å². The monoisotopic (exact) mass is 751 g/mol. The molecule has 0 radical (unpaired) electrons. The Morgan fingerprint density at radius 1 is 0.654 bits per heavy atom. The number of hydrogen-bond acceptors (Lipinski definition) is 9. The van der Waals surface area contributed by atoms with Crippen molar-refractivity contribution in [3.8, 4) is 0 Å². The van der Waals surface area contributed by atoms with Gasteiger partial charge in [-0.05, 0) is 39.2 Å². The summed E-state index contributed by atoms with van der Waals surface area (Å²) >= 11 is 1.26. The number of carbonyl (C=O) groups is 4. The molecule has 2 unspecified atom stereocenters. The van der Waals surface area contributed by atoms with Gasteiger partial charge < -0.3 is 34.9 Å². The molecule has 0 aromatic heterocycles. The highest BCUT2D eigenvalue weighted by Gasteiger charge is 2.28. The minimum absolute atomic E-state index is 0.0449. The van der Waals surface area contributed by atoms with Crippen LogP contribution in [0.2, 0.25) is 0 Å². The molecule has 0 saturated heterocycles. The smallest absolute Gasteiger partial charge is 0.408 e. The van der Waals surface area contributed by atoms with E-state index in [1.165, 1.54) is 76.0 Å². The number of thioether (sulfide) groups is 1. The molecule has 12 heteroatoms. The van der Waals surface area contributed by atoms with Crippen LogP contribution >= 0.6 is 11.8 Å². The number of benzene rings is 1. The van der Waals surface area contributed by atoms with E-state index < -0.39 is 42.0 Å². The molecule has 1 rings (SSSR count). The summed E-state index contributed by atoms with van der Waals surface area (Å²) in [5.41, 5.74) is 0.0351. The van der Waals surface area contributed by atoms with Crippen LogP contribution in [-0.4, -0.2) is 73.2 Å². The second-order valence-corrected chi connectivity index (χ2v) is 15.3. The number of esters is 1. The van der Waals surface area contributed by atoms with E-state index in [-0.39, 0.29) is 24.7 Å². The zero-order valence-corrected chi connectivity index (χ0v) is 33.6. The molecule has 1 aromatic carbocycles. The molecule has 1 aromatic rings. The first kappa shape index (κ1) is 46.9. The van der Waals surface area contributed by atoms with Gasteiger partial charge in [0, 0.05) is 24.6 Å². The van der Waals surface area contributed by atoms with Crippen LogP contribution in [-0.2, 0) is 30.3 Å². The number of nitrogens with one attached hydrogen (secondary N) is 3. The van der Waals surface area contributed by atoms with Crippen molar-refractivity contribution in [2.75, 3.05) is 31.2 Å². The predicted octanol–water partition coefficient (Wildman–Crippen LogP) is 9.46. The van der Waals surface area contributed by atoms with Crippen LogP contribution in [0.3, 0.4) is 0 Å². The molecular formula is C40H69N3O8S. The quantitative estimate of drug-likeness (QED) is 0.0415. The molecule has 52 heavy (non-hydrogen) atoms. The Morgan fingerprint density at radius 3 is 1.71 bits per heavy atom. The van der Waals surface area contributed by atoms with E-state index >= 15 is 0 Å². The zero-order valence-electron chi connectivity index (χ0n) is 32.8. The van der Waals surface area contributed by atoms with Crippen molar-refractivity contribution in [3.63, 3.8) is 0 Å². The third-order valence-corrected chi connectivity index (χ3v) is 9.23. The summed E-state index contributed by atoms with van der Waals surface area (Å²) in [4.78, 5) is 50.9. The topological polar surface area (TPSA) is 141 Å². The maximum absolute atomic E-state index is 13.0. The number of rotatable bonds is 29. The number of unbranched alkanes of at least 4 members (excludes halogenated alkanes) is 14. The van der Waals surface area contributed by atoms with Crippen LogP contribution in [0.1, 0.15) is 143 Å². The molecule has 3 amide bonds. The van der Waals surface area contributed by atoms with Crippen molar-refractivity contribution in [1.82, 2.24) is 16.0 Å². The fourth-order valence-electron chi connectivity index (χ4n) is 5.19. The Kier molecular flexibility index (Phi) is 27.3. The molecule has 298 valence electrons. The van der Waals surface area contributed by atoms with Crippen molar-refractivity contribution in [2.24, 2.45) is 0 Å². The SMILES string of the molecule is CCCCCCCCCCNC(=O)OCC(CSCC(NC(=O)OCc1ccccc1)C(=O)OC(C)(C)C)OC(=O)NCCCCCCCCCC. The van der Waals surface area contributed by atoms with Crippen molar-refractivity contribution in [2.45, 2.75) is 162 Å². The van der Waals surface area contributed by atoms with Gasteiger partial charge in [0.2, 0.25) is 0 Å².